The number of likely N-dealkylation sites (N-methyl/N-ethyl adjacent to an activating group) is 1. The third-order valence-electron chi connectivity index (χ3n) is 4.24. The van der Waals surface area contributed by atoms with Crippen LogP contribution in [-0.4, -0.2) is 66.4 Å². The number of rotatable bonds is 3. The Hall–Kier alpha value is -0.810. The number of hydrogen-bond donors (Lipinski definition) is 0. The molecule has 2 fully saturated rings. The smallest absolute Gasteiger partial charge is 0.410 e. The molecule has 0 radical (unpaired) electrons. The maximum absolute atomic E-state index is 12.2. The van der Waals surface area contributed by atoms with Gasteiger partial charge in [0, 0.05) is 19.1 Å². The van der Waals surface area contributed by atoms with E-state index in [1.807, 2.05) is 25.7 Å². The second-order valence-corrected chi connectivity index (χ2v) is 7.34. The number of hydrogen-bond acceptors (Lipinski definition) is 4. The lowest BCUT2D eigenvalue weighted by Crippen LogP contribution is -2.61. The molecule has 2 aliphatic rings. The SMILES string of the molecule is CN(CC1CCCN1C(=O)OC(C)(C)C)C1(C)COC1. The highest BCUT2D eigenvalue weighted by Gasteiger charge is 2.40. The van der Waals surface area contributed by atoms with Crippen molar-refractivity contribution in [2.45, 2.75) is 57.7 Å². The maximum atomic E-state index is 12.2. The summed E-state index contributed by atoms with van der Waals surface area (Å²) in [6.45, 7) is 11.2. The van der Waals surface area contributed by atoms with Gasteiger partial charge in [0.2, 0.25) is 0 Å². The van der Waals surface area contributed by atoms with Crippen LogP contribution >= 0.6 is 0 Å². The van der Waals surface area contributed by atoms with Gasteiger partial charge in [0.15, 0.2) is 0 Å². The van der Waals surface area contributed by atoms with Gasteiger partial charge in [-0.05, 0) is 47.6 Å². The molecule has 0 spiro atoms. The summed E-state index contributed by atoms with van der Waals surface area (Å²) in [7, 11) is 2.12. The minimum absolute atomic E-state index is 0.127. The van der Waals surface area contributed by atoms with E-state index in [4.69, 9.17) is 9.47 Å². The van der Waals surface area contributed by atoms with Crippen molar-refractivity contribution < 1.29 is 14.3 Å². The Bertz CT molecular complexity index is 361. The van der Waals surface area contributed by atoms with E-state index < -0.39 is 5.60 Å². The average Bonchev–Trinajstić information content (AvgIpc) is 2.71. The average molecular weight is 284 g/mol. The van der Waals surface area contributed by atoms with E-state index in [-0.39, 0.29) is 17.7 Å². The minimum Gasteiger partial charge on any atom is -0.444 e. The zero-order valence-corrected chi connectivity index (χ0v) is 13.4. The maximum Gasteiger partial charge on any atom is 0.410 e. The molecule has 2 heterocycles. The number of amides is 1. The molecule has 0 saturated carbocycles. The van der Waals surface area contributed by atoms with Gasteiger partial charge in [-0.2, -0.15) is 0 Å². The fourth-order valence-corrected chi connectivity index (χ4v) is 2.74. The van der Waals surface area contributed by atoms with Crippen LogP contribution in [-0.2, 0) is 9.47 Å². The van der Waals surface area contributed by atoms with E-state index in [1.165, 1.54) is 0 Å². The van der Waals surface area contributed by atoms with Crippen molar-refractivity contribution in [2.24, 2.45) is 0 Å². The molecule has 0 aromatic rings. The summed E-state index contributed by atoms with van der Waals surface area (Å²) in [6, 6.07) is 0.257. The lowest BCUT2D eigenvalue weighted by atomic mass is 9.97. The monoisotopic (exact) mass is 284 g/mol. The van der Waals surface area contributed by atoms with Gasteiger partial charge < -0.3 is 14.4 Å². The van der Waals surface area contributed by atoms with Crippen LogP contribution in [0.15, 0.2) is 0 Å². The van der Waals surface area contributed by atoms with Gasteiger partial charge in [-0.25, -0.2) is 4.79 Å². The molecule has 2 saturated heterocycles. The van der Waals surface area contributed by atoms with Crippen molar-refractivity contribution in [1.29, 1.82) is 0 Å². The van der Waals surface area contributed by atoms with Crippen LogP contribution in [0.25, 0.3) is 0 Å². The van der Waals surface area contributed by atoms with Crippen LogP contribution in [0.3, 0.4) is 0 Å². The Kier molecular flexibility index (Phi) is 4.30. The Morgan fingerprint density at radius 3 is 2.60 bits per heavy atom. The van der Waals surface area contributed by atoms with Crippen LogP contribution in [0.4, 0.5) is 4.79 Å². The fraction of sp³-hybridized carbons (Fsp3) is 0.933. The largest absolute Gasteiger partial charge is 0.444 e. The van der Waals surface area contributed by atoms with Crippen molar-refractivity contribution >= 4 is 6.09 Å². The minimum atomic E-state index is -0.427. The van der Waals surface area contributed by atoms with E-state index in [9.17, 15) is 4.79 Å². The van der Waals surface area contributed by atoms with Gasteiger partial charge in [-0.15, -0.1) is 0 Å². The van der Waals surface area contributed by atoms with E-state index in [2.05, 4.69) is 18.9 Å². The third kappa shape index (κ3) is 3.44. The first kappa shape index (κ1) is 15.6. The number of carbonyl (C=O) groups is 1. The molecule has 1 unspecified atom stereocenters. The molecule has 0 N–H and O–H groups in total. The van der Waals surface area contributed by atoms with Crippen LogP contribution in [0.1, 0.15) is 40.5 Å². The van der Waals surface area contributed by atoms with Gasteiger partial charge in [0.05, 0.1) is 18.8 Å². The van der Waals surface area contributed by atoms with Gasteiger partial charge in [-0.1, -0.05) is 0 Å². The lowest BCUT2D eigenvalue weighted by Gasteiger charge is -2.46. The van der Waals surface area contributed by atoms with Crippen LogP contribution in [0.2, 0.25) is 0 Å². The predicted molar refractivity (Wildman–Crippen MR) is 77.8 cm³/mol. The summed E-state index contributed by atoms with van der Waals surface area (Å²) >= 11 is 0. The van der Waals surface area contributed by atoms with Crippen molar-refractivity contribution in [3.05, 3.63) is 0 Å². The predicted octanol–water partition coefficient (Wildman–Crippen LogP) is 2.11. The topological polar surface area (TPSA) is 42.0 Å². The summed E-state index contributed by atoms with van der Waals surface area (Å²) < 4.78 is 10.8. The number of nitrogens with zero attached hydrogens (tertiary/aromatic N) is 2. The van der Waals surface area contributed by atoms with Crippen molar-refractivity contribution in [3.63, 3.8) is 0 Å². The molecule has 116 valence electrons. The van der Waals surface area contributed by atoms with Crippen molar-refractivity contribution in [2.75, 3.05) is 33.4 Å². The molecule has 2 aliphatic heterocycles. The molecule has 5 nitrogen and oxygen atoms in total. The first-order valence-corrected chi connectivity index (χ1v) is 7.50. The third-order valence-corrected chi connectivity index (χ3v) is 4.24. The molecule has 1 amide bonds. The van der Waals surface area contributed by atoms with E-state index in [0.717, 1.165) is 39.1 Å². The Morgan fingerprint density at radius 2 is 2.10 bits per heavy atom. The standard InChI is InChI=1S/C15H28N2O3/c1-14(2,3)20-13(18)17-8-6-7-12(17)9-16(5)15(4)10-19-11-15/h12H,6-11H2,1-5H3. The summed E-state index contributed by atoms with van der Waals surface area (Å²) in [5.41, 5.74) is -0.299. The second kappa shape index (κ2) is 5.53. The number of likely N-dealkylation sites (tertiary alicyclic amines) is 1. The Labute approximate surface area is 122 Å². The lowest BCUT2D eigenvalue weighted by molar-refractivity contribution is -0.125. The molecular formula is C15H28N2O3. The number of carbonyl (C=O) groups excluding carboxylic acids is 1. The zero-order chi connectivity index (χ0) is 15.0. The van der Waals surface area contributed by atoms with Crippen LogP contribution in [0, 0.1) is 0 Å². The second-order valence-electron chi connectivity index (χ2n) is 7.34. The van der Waals surface area contributed by atoms with Gasteiger partial charge >= 0.3 is 6.09 Å². The van der Waals surface area contributed by atoms with Gasteiger partial charge in [-0.3, -0.25) is 4.90 Å². The molecule has 0 aromatic carbocycles. The Balaban J connectivity index is 1.92. The quantitative estimate of drug-likeness (QED) is 0.796. The van der Waals surface area contributed by atoms with E-state index in [0.29, 0.717) is 0 Å². The van der Waals surface area contributed by atoms with Crippen LogP contribution < -0.4 is 0 Å². The molecule has 2 rings (SSSR count). The summed E-state index contributed by atoms with van der Waals surface area (Å²) in [5, 5.41) is 0. The molecule has 20 heavy (non-hydrogen) atoms. The van der Waals surface area contributed by atoms with Crippen molar-refractivity contribution in [1.82, 2.24) is 9.80 Å². The van der Waals surface area contributed by atoms with Crippen molar-refractivity contribution in [3.8, 4) is 0 Å². The summed E-state index contributed by atoms with van der Waals surface area (Å²) in [5.74, 6) is 0. The first-order valence-electron chi connectivity index (χ1n) is 7.50. The summed E-state index contributed by atoms with van der Waals surface area (Å²) in [4.78, 5) is 16.5. The van der Waals surface area contributed by atoms with E-state index >= 15 is 0 Å². The molecule has 5 heteroatoms. The molecule has 0 aromatic heterocycles. The Morgan fingerprint density at radius 1 is 1.45 bits per heavy atom. The molecular weight excluding hydrogens is 256 g/mol. The molecule has 0 aliphatic carbocycles. The van der Waals surface area contributed by atoms with Gasteiger partial charge in [0.1, 0.15) is 5.60 Å². The first-order chi connectivity index (χ1) is 9.21. The fourth-order valence-electron chi connectivity index (χ4n) is 2.74. The highest BCUT2D eigenvalue weighted by molar-refractivity contribution is 5.69. The normalized spacial score (nSPS) is 25.7. The molecule has 0 bridgehead atoms. The summed E-state index contributed by atoms with van der Waals surface area (Å²) in [6.07, 6.45) is 1.94. The highest BCUT2D eigenvalue weighted by atomic mass is 16.6. The zero-order valence-electron chi connectivity index (χ0n) is 13.4. The van der Waals surface area contributed by atoms with E-state index in [1.54, 1.807) is 0 Å². The highest BCUT2D eigenvalue weighted by Crippen LogP contribution is 2.27. The van der Waals surface area contributed by atoms with Crippen LogP contribution in [0.5, 0.6) is 0 Å². The molecule has 1 atom stereocenters. The number of ether oxygens (including phenoxy) is 2. The van der Waals surface area contributed by atoms with Gasteiger partial charge in [0.25, 0.3) is 0 Å².